The van der Waals surface area contributed by atoms with Gasteiger partial charge >= 0.3 is 0 Å². The van der Waals surface area contributed by atoms with Crippen LogP contribution >= 0.6 is 0 Å². The van der Waals surface area contributed by atoms with Crippen LogP contribution in [0.15, 0.2) is 24.3 Å². The van der Waals surface area contributed by atoms with Gasteiger partial charge < -0.3 is 10.6 Å². The number of carbonyl (C=O) groups excluding carboxylic acids is 2. The molecule has 0 bridgehead atoms. The van der Waals surface area contributed by atoms with Crippen molar-refractivity contribution in [1.82, 2.24) is 5.32 Å². The van der Waals surface area contributed by atoms with Crippen LogP contribution in [-0.4, -0.2) is 23.8 Å². The van der Waals surface area contributed by atoms with Crippen LogP contribution in [0.2, 0.25) is 0 Å². The summed E-state index contributed by atoms with van der Waals surface area (Å²) in [6.07, 6.45) is 0. The van der Waals surface area contributed by atoms with E-state index in [1.165, 1.54) is 6.92 Å². The first-order valence-electron chi connectivity index (χ1n) is 6.85. The largest absolute Gasteiger partial charge is 0.376 e. The lowest BCUT2D eigenvalue weighted by Gasteiger charge is -2.27. The topological polar surface area (TPSA) is 82.0 Å². The maximum Gasteiger partial charge on any atom is 0.240 e. The minimum Gasteiger partial charge on any atom is -0.376 e. The van der Waals surface area contributed by atoms with E-state index < -0.39 is 5.54 Å². The predicted molar refractivity (Wildman–Crippen MR) is 81.9 cm³/mol. The molecular weight excluding hydrogens is 266 g/mol. The van der Waals surface area contributed by atoms with Gasteiger partial charge in [-0.15, -0.1) is 0 Å². The molecule has 0 saturated carbocycles. The van der Waals surface area contributed by atoms with Gasteiger partial charge in [0.25, 0.3) is 0 Å². The average molecular weight is 287 g/mol. The molecule has 5 heteroatoms. The van der Waals surface area contributed by atoms with Gasteiger partial charge in [-0.3, -0.25) is 9.59 Å². The molecular formula is C16H21N3O2. The summed E-state index contributed by atoms with van der Waals surface area (Å²) in [6.45, 7) is 7.06. The Bertz CT molecular complexity index is 558. The molecule has 21 heavy (non-hydrogen) atoms. The van der Waals surface area contributed by atoms with Crippen molar-refractivity contribution in [2.75, 3.05) is 11.9 Å². The molecule has 0 heterocycles. The summed E-state index contributed by atoms with van der Waals surface area (Å²) in [7, 11) is 0. The Morgan fingerprint density at radius 1 is 1.29 bits per heavy atom. The summed E-state index contributed by atoms with van der Waals surface area (Å²) >= 11 is 0. The maximum absolute atomic E-state index is 11.9. The molecule has 0 spiro atoms. The Kier molecular flexibility index (Phi) is 5.48. The van der Waals surface area contributed by atoms with Crippen LogP contribution in [-0.2, 0) is 4.79 Å². The van der Waals surface area contributed by atoms with E-state index in [1.54, 1.807) is 31.2 Å². The third-order valence-electron chi connectivity index (χ3n) is 3.53. The lowest BCUT2D eigenvalue weighted by atomic mass is 9.90. The first-order valence-corrected chi connectivity index (χ1v) is 6.85. The van der Waals surface area contributed by atoms with Crippen LogP contribution in [0, 0.1) is 17.2 Å². The van der Waals surface area contributed by atoms with Crippen molar-refractivity contribution in [3.8, 4) is 6.07 Å². The maximum atomic E-state index is 11.9. The Balaban J connectivity index is 2.57. The Hall–Kier alpha value is -2.35. The highest BCUT2D eigenvalue weighted by molar-refractivity contribution is 5.94. The number of ketones is 1. The van der Waals surface area contributed by atoms with E-state index in [0.29, 0.717) is 5.56 Å². The van der Waals surface area contributed by atoms with Gasteiger partial charge in [0.15, 0.2) is 5.78 Å². The standard InChI is InChI=1S/C16H21N3O2/c1-11(2)16(4,10-17)19-15(21)9-18-14-7-5-13(6-8-14)12(3)20/h5-8,11,18H,9H2,1-4H3,(H,19,21). The molecule has 1 aromatic rings. The van der Waals surface area contributed by atoms with Crippen molar-refractivity contribution < 1.29 is 9.59 Å². The molecule has 2 N–H and O–H groups in total. The smallest absolute Gasteiger partial charge is 0.240 e. The van der Waals surface area contributed by atoms with Gasteiger partial charge in [-0.25, -0.2) is 0 Å². The molecule has 1 unspecified atom stereocenters. The zero-order valence-corrected chi connectivity index (χ0v) is 12.9. The second kappa shape index (κ2) is 6.89. The van der Waals surface area contributed by atoms with E-state index in [1.807, 2.05) is 13.8 Å². The van der Waals surface area contributed by atoms with E-state index >= 15 is 0 Å². The molecule has 0 aliphatic carbocycles. The number of hydrogen-bond acceptors (Lipinski definition) is 4. The van der Waals surface area contributed by atoms with Crippen molar-refractivity contribution in [3.63, 3.8) is 0 Å². The molecule has 1 atom stereocenters. The summed E-state index contributed by atoms with van der Waals surface area (Å²) in [5.74, 6) is -0.231. The molecule has 0 aliphatic heterocycles. The summed E-state index contributed by atoms with van der Waals surface area (Å²) < 4.78 is 0. The lowest BCUT2D eigenvalue weighted by Crippen LogP contribution is -2.50. The zero-order chi connectivity index (χ0) is 16.0. The third kappa shape index (κ3) is 4.60. The number of nitrogens with zero attached hydrogens (tertiary/aromatic N) is 1. The van der Waals surface area contributed by atoms with E-state index in [0.717, 1.165) is 5.69 Å². The summed E-state index contributed by atoms with van der Waals surface area (Å²) in [4.78, 5) is 23.1. The highest BCUT2D eigenvalue weighted by atomic mass is 16.2. The van der Waals surface area contributed by atoms with Crippen molar-refractivity contribution in [2.24, 2.45) is 5.92 Å². The summed E-state index contributed by atoms with van der Waals surface area (Å²) in [5, 5.41) is 14.8. The van der Waals surface area contributed by atoms with Gasteiger partial charge in [0.05, 0.1) is 12.6 Å². The van der Waals surface area contributed by atoms with Gasteiger partial charge in [0.2, 0.25) is 5.91 Å². The highest BCUT2D eigenvalue weighted by Gasteiger charge is 2.29. The summed E-state index contributed by atoms with van der Waals surface area (Å²) in [6, 6.07) is 9.03. The molecule has 112 valence electrons. The number of nitrogens with one attached hydrogen (secondary N) is 2. The lowest BCUT2D eigenvalue weighted by molar-refractivity contribution is -0.121. The quantitative estimate of drug-likeness (QED) is 0.787. The van der Waals surface area contributed by atoms with Crippen LogP contribution in [0.4, 0.5) is 5.69 Å². The molecule has 0 aliphatic rings. The average Bonchev–Trinajstić information content (AvgIpc) is 2.45. The second-order valence-corrected chi connectivity index (χ2v) is 5.50. The Morgan fingerprint density at radius 2 is 1.86 bits per heavy atom. The first-order chi connectivity index (χ1) is 9.78. The molecule has 1 aromatic carbocycles. The number of anilines is 1. The van der Waals surface area contributed by atoms with Gasteiger partial charge in [0.1, 0.15) is 5.54 Å². The molecule has 0 radical (unpaired) electrons. The highest BCUT2D eigenvalue weighted by Crippen LogP contribution is 2.15. The number of amides is 1. The first kappa shape index (κ1) is 16.7. The number of benzene rings is 1. The minimum atomic E-state index is -0.878. The minimum absolute atomic E-state index is 0.000938. The fourth-order valence-corrected chi connectivity index (χ4v) is 1.64. The fraction of sp³-hybridized carbons (Fsp3) is 0.438. The molecule has 0 saturated heterocycles. The van der Waals surface area contributed by atoms with Crippen LogP contribution < -0.4 is 10.6 Å². The van der Waals surface area contributed by atoms with Crippen molar-refractivity contribution in [3.05, 3.63) is 29.8 Å². The molecule has 5 nitrogen and oxygen atoms in total. The third-order valence-corrected chi connectivity index (χ3v) is 3.53. The molecule has 1 amide bonds. The monoisotopic (exact) mass is 287 g/mol. The van der Waals surface area contributed by atoms with Crippen LogP contribution in [0.1, 0.15) is 38.1 Å². The normalized spacial score (nSPS) is 13.1. The number of carbonyl (C=O) groups is 2. The number of rotatable bonds is 6. The molecule has 0 fully saturated rings. The number of hydrogen-bond donors (Lipinski definition) is 2. The van der Waals surface area contributed by atoms with Crippen LogP contribution in [0.25, 0.3) is 0 Å². The van der Waals surface area contributed by atoms with Gasteiger partial charge in [-0.1, -0.05) is 13.8 Å². The molecule has 1 rings (SSSR count). The zero-order valence-electron chi connectivity index (χ0n) is 12.9. The van der Waals surface area contributed by atoms with Gasteiger partial charge in [-0.2, -0.15) is 5.26 Å². The van der Waals surface area contributed by atoms with Crippen molar-refractivity contribution in [1.29, 1.82) is 5.26 Å². The second-order valence-electron chi connectivity index (χ2n) is 5.50. The SMILES string of the molecule is CC(=O)c1ccc(NCC(=O)NC(C)(C#N)C(C)C)cc1. The van der Waals surface area contributed by atoms with Crippen LogP contribution in [0.3, 0.4) is 0 Å². The van der Waals surface area contributed by atoms with E-state index in [4.69, 9.17) is 5.26 Å². The Morgan fingerprint density at radius 3 is 2.29 bits per heavy atom. The van der Waals surface area contributed by atoms with E-state index in [2.05, 4.69) is 16.7 Å². The van der Waals surface area contributed by atoms with E-state index in [-0.39, 0.29) is 24.2 Å². The number of nitriles is 1. The Labute approximate surface area is 125 Å². The predicted octanol–water partition coefficient (Wildman–Crippen LogP) is 2.36. The van der Waals surface area contributed by atoms with Crippen molar-refractivity contribution in [2.45, 2.75) is 33.2 Å². The van der Waals surface area contributed by atoms with Gasteiger partial charge in [0, 0.05) is 11.3 Å². The molecule has 0 aromatic heterocycles. The summed E-state index contributed by atoms with van der Waals surface area (Å²) in [5.41, 5.74) is 0.497. The van der Waals surface area contributed by atoms with E-state index in [9.17, 15) is 9.59 Å². The van der Waals surface area contributed by atoms with Crippen molar-refractivity contribution >= 4 is 17.4 Å². The number of Topliss-reactive ketones (excluding diaryl/α,β-unsaturated/α-hetero) is 1. The van der Waals surface area contributed by atoms with Crippen LogP contribution in [0.5, 0.6) is 0 Å². The fourth-order valence-electron chi connectivity index (χ4n) is 1.64. The van der Waals surface area contributed by atoms with Gasteiger partial charge in [-0.05, 0) is 44.0 Å².